The van der Waals surface area contributed by atoms with Crippen molar-refractivity contribution in [1.82, 2.24) is 20.8 Å². The maximum atomic E-state index is 11.9. The highest BCUT2D eigenvalue weighted by atomic mass is 16.5. The monoisotopic (exact) mass is 236 g/mol. The first-order valence-corrected chi connectivity index (χ1v) is 5.60. The molecule has 1 amide bonds. The average Bonchev–Trinajstić information content (AvgIpc) is 2.85. The molecule has 0 saturated carbocycles. The first kappa shape index (κ1) is 11.9. The Morgan fingerprint density at radius 1 is 1.59 bits per heavy atom. The summed E-state index contributed by atoms with van der Waals surface area (Å²) < 4.78 is 5.28. The van der Waals surface area contributed by atoms with E-state index in [1.807, 2.05) is 13.1 Å². The lowest BCUT2D eigenvalue weighted by molar-refractivity contribution is -0.125. The predicted octanol–water partition coefficient (Wildman–Crippen LogP) is -0.673. The number of amides is 1. The van der Waals surface area contributed by atoms with Crippen molar-refractivity contribution in [3.05, 3.63) is 24.0 Å². The van der Waals surface area contributed by atoms with Gasteiger partial charge in [0.25, 0.3) is 0 Å². The van der Waals surface area contributed by atoms with Crippen molar-refractivity contribution in [3.8, 4) is 0 Å². The molecule has 2 atom stereocenters. The molecule has 0 bridgehead atoms. The van der Waals surface area contributed by atoms with Gasteiger partial charge in [-0.15, -0.1) is 0 Å². The van der Waals surface area contributed by atoms with Crippen LogP contribution in [-0.2, 0) is 16.1 Å². The summed E-state index contributed by atoms with van der Waals surface area (Å²) in [6.45, 7) is 1.46. The molecule has 0 aromatic carbocycles. The molecule has 92 valence electrons. The van der Waals surface area contributed by atoms with Crippen LogP contribution >= 0.6 is 0 Å². The van der Waals surface area contributed by atoms with E-state index in [2.05, 4.69) is 20.8 Å². The van der Waals surface area contributed by atoms with Crippen molar-refractivity contribution in [2.75, 3.05) is 20.3 Å². The van der Waals surface area contributed by atoms with Gasteiger partial charge in [0.15, 0.2) is 0 Å². The lowest BCUT2D eigenvalue weighted by atomic mass is 10.0. The van der Waals surface area contributed by atoms with E-state index in [-0.39, 0.29) is 17.9 Å². The molecular weight excluding hydrogens is 220 g/mol. The topological polar surface area (TPSA) is 76.1 Å². The van der Waals surface area contributed by atoms with E-state index >= 15 is 0 Å². The number of ether oxygens (including phenoxy) is 1. The van der Waals surface area contributed by atoms with Crippen LogP contribution < -0.4 is 10.6 Å². The van der Waals surface area contributed by atoms with Gasteiger partial charge in [0.1, 0.15) is 0 Å². The summed E-state index contributed by atoms with van der Waals surface area (Å²) in [5.74, 6) is -0.135. The quantitative estimate of drug-likeness (QED) is 0.725. The molecule has 1 aliphatic heterocycles. The fourth-order valence-corrected chi connectivity index (χ4v) is 1.83. The number of carbonyl (C=O) groups excluding carboxylic acids is 1. The minimum absolute atomic E-state index is 0.00694. The minimum atomic E-state index is -0.128. The molecule has 0 radical (unpaired) electrons. The van der Waals surface area contributed by atoms with Gasteiger partial charge in [-0.3, -0.25) is 4.79 Å². The van der Waals surface area contributed by atoms with E-state index in [0.717, 1.165) is 5.69 Å². The normalized spacial score (nSPS) is 23.6. The number of likely N-dealkylation sites (N-methyl/N-ethyl adjacent to an activating group) is 1. The minimum Gasteiger partial charge on any atom is -0.379 e. The zero-order chi connectivity index (χ0) is 12.1. The maximum absolute atomic E-state index is 11.9. The molecule has 1 aromatic heterocycles. The fourth-order valence-electron chi connectivity index (χ4n) is 1.83. The van der Waals surface area contributed by atoms with Crippen molar-refractivity contribution in [1.29, 1.82) is 0 Å². The summed E-state index contributed by atoms with van der Waals surface area (Å²) in [5.41, 5.74) is 0.751. The summed E-state index contributed by atoms with van der Waals surface area (Å²) in [4.78, 5) is 11.9. The molecule has 2 rings (SSSR count). The van der Waals surface area contributed by atoms with Gasteiger partial charge in [-0.05, 0) is 19.2 Å². The molecule has 6 nitrogen and oxygen atoms in total. The zero-order valence-electron chi connectivity index (χ0n) is 9.72. The van der Waals surface area contributed by atoms with Crippen molar-refractivity contribution >= 4 is 5.91 Å². The Bertz CT molecular complexity index is 371. The molecule has 17 heavy (non-hydrogen) atoms. The third-order valence-electron chi connectivity index (χ3n) is 2.86. The molecule has 6 heteroatoms. The van der Waals surface area contributed by atoms with Crippen molar-refractivity contribution in [2.45, 2.75) is 12.6 Å². The van der Waals surface area contributed by atoms with Gasteiger partial charge in [0.05, 0.1) is 31.4 Å². The zero-order valence-corrected chi connectivity index (χ0v) is 9.72. The molecule has 1 aromatic rings. The van der Waals surface area contributed by atoms with Crippen LogP contribution in [0.5, 0.6) is 0 Å². The van der Waals surface area contributed by atoms with Gasteiger partial charge in [0, 0.05) is 12.2 Å². The van der Waals surface area contributed by atoms with Crippen LogP contribution in [-0.4, -0.2) is 42.4 Å². The number of rotatable bonds is 4. The van der Waals surface area contributed by atoms with Crippen molar-refractivity contribution in [2.24, 2.45) is 5.92 Å². The summed E-state index contributed by atoms with van der Waals surface area (Å²) in [6, 6.07) is 3.72. The largest absolute Gasteiger partial charge is 0.379 e. The number of carbonyl (C=O) groups is 1. The highest BCUT2D eigenvalue weighted by Gasteiger charge is 2.32. The first-order chi connectivity index (χ1) is 8.31. The summed E-state index contributed by atoms with van der Waals surface area (Å²) >= 11 is 0. The van der Waals surface area contributed by atoms with Gasteiger partial charge >= 0.3 is 0 Å². The Labute approximate surface area is 99.8 Å². The van der Waals surface area contributed by atoms with Gasteiger partial charge in [0.2, 0.25) is 5.91 Å². The molecular formula is C11H16N4O2. The van der Waals surface area contributed by atoms with Crippen LogP contribution in [0.2, 0.25) is 0 Å². The second-order valence-electron chi connectivity index (χ2n) is 3.97. The van der Waals surface area contributed by atoms with E-state index in [9.17, 15) is 4.79 Å². The molecule has 2 heterocycles. The molecule has 1 fully saturated rings. The lowest BCUT2D eigenvalue weighted by Gasteiger charge is -2.15. The van der Waals surface area contributed by atoms with Crippen LogP contribution in [0.4, 0.5) is 0 Å². The van der Waals surface area contributed by atoms with E-state index in [0.29, 0.717) is 19.8 Å². The lowest BCUT2D eigenvalue weighted by Crippen LogP contribution is -2.42. The summed E-state index contributed by atoms with van der Waals surface area (Å²) in [5, 5.41) is 13.6. The van der Waals surface area contributed by atoms with Crippen LogP contribution in [0.3, 0.4) is 0 Å². The highest BCUT2D eigenvalue weighted by molar-refractivity contribution is 5.79. The molecule has 2 N–H and O–H groups in total. The fraction of sp³-hybridized carbons (Fsp3) is 0.545. The Morgan fingerprint density at radius 3 is 3.18 bits per heavy atom. The predicted molar refractivity (Wildman–Crippen MR) is 61.0 cm³/mol. The molecule has 0 aliphatic carbocycles. The first-order valence-electron chi connectivity index (χ1n) is 5.60. The van der Waals surface area contributed by atoms with E-state index in [1.165, 1.54) is 0 Å². The Hall–Kier alpha value is -1.53. The van der Waals surface area contributed by atoms with Gasteiger partial charge in [-0.2, -0.15) is 10.2 Å². The van der Waals surface area contributed by atoms with E-state index in [1.54, 1.807) is 12.3 Å². The van der Waals surface area contributed by atoms with Crippen LogP contribution in [0.1, 0.15) is 5.69 Å². The molecule has 2 unspecified atom stereocenters. The van der Waals surface area contributed by atoms with Crippen LogP contribution in [0, 0.1) is 5.92 Å². The third-order valence-corrected chi connectivity index (χ3v) is 2.86. The van der Waals surface area contributed by atoms with E-state index < -0.39 is 0 Å². The number of aromatic nitrogens is 2. The Morgan fingerprint density at radius 2 is 2.47 bits per heavy atom. The van der Waals surface area contributed by atoms with E-state index in [4.69, 9.17) is 4.74 Å². The summed E-state index contributed by atoms with van der Waals surface area (Å²) in [6.07, 6.45) is 1.60. The summed E-state index contributed by atoms with van der Waals surface area (Å²) in [7, 11) is 1.84. The van der Waals surface area contributed by atoms with Crippen molar-refractivity contribution in [3.63, 3.8) is 0 Å². The molecule has 1 aliphatic rings. The van der Waals surface area contributed by atoms with Crippen LogP contribution in [0.15, 0.2) is 18.3 Å². The Kier molecular flexibility index (Phi) is 4.00. The van der Waals surface area contributed by atoms with Crippen molar-refractivity contribution < 1.29 is 9.53 Å². The molecule has 0 spiro atoms. The van der Waals surface area contributed by atoms with Crippen LogP contribution in [0.25, 0.3) is 0 Å². The standard InChI is InChI=1S/C11H16N4O2/c1-12-10-7-17-6-9(10)11(16)13-5-8-3-2-4-14-15-8/h2-4,9-10,12H,5-7H2,1H3,(H,13,16). The number of hydrogen-bond acceptors (Lipinski definition) is 5. The third kappa shape index (κ3) is 2.98. The highest BCUT2D eigenvalue weighted by Crippen LogP contribution is 2.13. The van der Waals surface area contributed by atoms with Gasteiger partial charge in [-0.25, -0.2) is 0 Å². The number of nitrogens with zero attached hydrogens (tertiary/aromatic N) is 2. The molecule has 1 saturated heterocycles. The number of hydrogen-bond donors (Lipinski definition) is 2. The maximum Gasteiger partial charge on any atom is 0.227 e. The average molecular weight is 236 g/mol. The van der Waals surface area contributed by atoms with Gasteiger partial charge in [-0.1, -0.05) is 0 Å². The second kappa shape index (κ2) is 5.70. The van der Waals surface area contributed by atoms with Gasteiger partial charge < -0.3 is 15.4 Å². The second-order valence-corrected chi connectivity index (χ2v) is 3.97. The SMILES string of the molecule is CNC1COCC1C(=O)NCc1cccnn1. The smallest absolute Gasteiger partial charge is 0.227 e. The Balaban J connectivity index is 1.85. The number of nitrogens with one attached hydrogen (secondary N) is 2.